The smallest absolute Gasteiger partial charge is 0.356 e. The molecule has 6 nitrogen and oxygen atoms in total. The molecule has 0 atom stereocenters. The van der Waals surface area contributed by atoms with Crippen molar-refractivity contribution in [2.75, 3.05) is 5.32 Å². The maximum atomic E-state index is 10.8. The molecule has 0 aromatic carbocycles. The Morgan fingerprint density at radius 1 is 1.56 bits per heavy atom. The van der Waals surface area contributed by atoms with Gasteiger partial charge in [0.2, 0.25) is 0 Å². The number of carbonyl (C=O) groups is 1. The molecule has 6 heteroatoms. The fourth-order valence-corrected chi connectivity index (χ4v) is 1.40. The zero-order chi connectivity index (χ0) is 11.7. The average molecular weight is 220 g/mol. The highest BCUT2D eigenvalue weighted by Gasteiger charge is 2.11. The number of aromatic nitrogens is 3. The van der Waals surface area contributed by atoms with E-state index in [0.29, 0.717) is 5.65 Å². The minimum absolute atomic E-state index is 0.00879. The Balaban J connectivity index is 2.54. The van der Waals surface area contributed by atoms with E-state index in [1.165, 1.54) is 10.6 Å². The summed E-state index contributed by atoms with van der Waals surface area (Å²) in [6.45, 7) is 3.99. The first kappa shape index (κ1) is 10.4. The highest BCUT2D eigenvalue weighted by molar-refractivity contribution is 5.86. The highest BCUT2D eigenvalue weighted by Crippen LogP contribution is 2.12. The number of carboxylic acid groups (broad SMARTS) is 1. The SMILES string of the molecule is CC(C)Nc1ccnc2cc(C(=O)O)nn12. The predicted octanol–water partition coefficient (Wildman–Crippen LogP) is 1.25. The van der Waals surface area contributed by atoms with E-state index in [0.717, 1.165) is 5.82 Å². The number of hydrogen-bond donors (Lipinski definition) is 2. The van der Waals surface area contributed by atoms with Crippen LogP contribution >= 0.6 is 0 Å². The van der Waals surface area contributed by atoms with Crippen LogP contribution in [0.15, 0.2) is 18.3 Å². The molecular formula is C10H12N4O2. The van der Waals surface area contributed by atoms with Gasteiger partial charge in [0.25, 0.3) is 0 Å². The van der Waals surface area contributed by atoms with Gasteiger partial charge in [0.15, 0.2) is 11.3 Å². The molecular weight excluding hydrogens is 208 g/mol. The first-order valence-corrected chi connectivity index (χ1v) is 4.92. The number of carboxylic acids is 1. The van der Waals surface area contributed by atoms with Crippen molar-refractivity contribution in [2.24, 2.45) is 0 Å². The van der Waals surface area contributed by atoms with Gasteiger partial charge in [0, 0.05) is 18.3 Å². The van der Waals surface area contributed by atoms with Crippen LogP contribution < -0.4 is 5.32 Å². The summed E-state index contributed by atoms with van der Waals surface area (Å²) in [6.07, 6.45) is 1.62. The van der Waals surface area contributed by atoms with E-state index < -0.39 is 5.97 Å². The molecule has 0 aliphatic heterocycles. The molecule has 0 unspecified atom stereocenters. The van der Waals surface area contributed by atoms with E-state index in [-0.39, 0.29) is 11.7 Å². The summed E-state index contributed by atoms with van der Waals surface area (Å²) in [5, 5.41) is 16.0. The Hall–Kier alpha value is -2.11. The molecule has 2 aromatic heterocycles. The number of rotatable bonds is 3. The van der Waals surface area contributed by atoms with E-state index in [1.54, 1.807) is 12.3 Å². The number of nitrogens with zero attached hydrogens (tertiary/aromatic N) is 3. The molecule has 0 bridgehead atoms. The van der Waals surface area contributed by atoms with E-state index in [1.807, 2.05) is 13.8 Å². The van der Waals surface area contributed by atoms with E-state index in [9.17, 15) is 4.79 Å². The minimum Gasteiger partial charge on any atom is -0.476 e. The highest BCUT2D eigenvalue weighted by atomic mass is 16.4. The van der Waals surface area contributed by atoms with Gasteiger partial charge >= 0.3 is 5.97 Å². The number of fused-ring (bicyclic) bond motifs is 1. The van der Waals surface area contributed by atoms with Crippen LogP contribution in [-0.2, 0) is 0 Å². The number of anilines is 1. The summed E-state index contributed by atoms with van der Waals surface area (Å²) in [6, 6.07) is 3.43. The van der Waals surface area contributed by atoms with E-state index in [2.05, 4.69) is 15.4 Å². The molecule has 2 N–H and O–H groups in total. The van der Waals surface area contributed by atoms with Gasteiger partial charge in [-0.2, -0.15) is 9.61 Å². The fourth-order valence-electron chi connectivity index (χ4n) is 1.40. The van der Waals surface area contributed by atoms with Crippen molar-refractivity contribution in [2.45, 2.75) is 19.9 Å². The molecule has 0 radical (unpaired) electrons. The van der Waals surface area contributed by atoms with Crippen LogP contribution in [-0.4, -0.2) is 31.7 Å². The van der Waals surface area contributed by atoms with Crippen LogP contribution in [0.4, 0.5) is 5.82 Å². The molecule has 0 aliphatic rings. The van der Waals surface area contributed by atoms with Gasteiger partial charge in [0.1, 0.15) is 5.82 Å². The first-order valence-electron chi connectivity index (χ1n) is 4.92. The Morgan fingerprint density at radius 2 is 2.31 bits per heavy atom. The average Bonchev–Trinajstić information content (AvgIpc) is 2.61. The van der Waals surface area contributed by atoms with Gasteiger partial charge in [-0.3, -0.25) is 0 Å². The van der Waals surface area contributed by atoms with Crippen LogP contribution in [0.2, 0.25) is 0 Å². The summed E-state index contributed by atoms with van der Waals surface area (Å²) in [7, 11) is 0. The quantitative estimate of drug-likeness (QED) is 0.813. The third kappa shape index (κ3) is 1.81. The molecule has 0 amide bonds. The van der Waals surface area contributed by atoms with Crippen LogP contribution in [0, 0.1) is 0 Å². The summed E-state index contributed by atoms with van der Waals surface area (Å²) in [5.41, 5.74) is 0.508. The normalized spacial score (nSPS) is 10.9. The lowest BCUT2D eigenvalue weighted by Crippen LogP contribution is -2.13. The van der Waals surface area contributed by atoms with Crippen molar-refractivity contribution in [3.8, 4) is 0 Å². The zero-order valence-corrected chi connectivity index (χ0v) is 9.01. The van der Waals surface area contributed by atoms with Crippen LogP contribution in [0.5, 0.6) is 0 Å². The zero-order valence-electron chi connectivity index (χ0n) is 9.01. The molecule has 16 heavy (non-hydrogen) atoms. The second-order valence-electron chi connectivity index (χ2n) is 3.73. The lowest BCUT2D eigenvalue weighted by atomic mass is 10.4. The van der Waals surface area contributed by atoms with Crippen LogP contribution in [0.1, 0.15) is 24.3 Å². The summed E-state index contributed by atoms with van der Waals surface area (Å²) in [4.78, 5) is 14.8. The predicted molar refractivity (Wildman–Crippen MR) is 58.7 cm³/mol. The molecule has 0 saturated carbocycles. The van der Waals surface area contributed by atoms with Crippen molar-refractivity contribution < 1.29 is 9.90 Å². The third-order valence-corrected chi connectivity index (χ3v) is 2.01. The van der Waals surface area contributed by atoms with Crippen LogP contribution in [0.3, 0.4) is 0 Å². The van der Waals surface area contributed by atoms with Gasteiger partial charge in [0.05, 0.1) is 0 Å². The van der Waals surface area contributed by atoms with Gasteiger partial charge in [-0.15, -0.1) is 0 Å². The second kappa shape index (κ2) is 3.80. The number of aromatic carboxylic acids is 1. The van der Waals surface area contributed by atoms with Crippen molar-refractivity contribution in [1.29, 1.82) is 0 Å². The minimum atomic E-state index is -1.05. The summed E-state index contributed by atoms with van der Waals surface area (Å²) >= 11 is 0. The van der Waals surface area contributed by atoms with E-state index >= 15 is 0 Å². The molecule has 84 valence electrons. The molecule has 0 fully saturated rings. The third-order valence-electron chi connectivity index (χ3n) is 2.01. The maximum Gasteiger partial charge on any atom is 0.356 e. The maximum absolute atomic E-state index is 10.8. The van der Waals surface area contributed by atoms with Gasteiger partial charge in [-0.05, 0) is 19.9 Å². The Morgan fingerprint density at radius 3 is 2.94 bits per heavy atom. The lowest BCUT2D eigenvalue weighted by Gasteiger charge is -2.10. The van der Waals surface area contributed by atoms with Gasteiger partial charge < -0.3 is 10.4 Å². The number of nitrogens with one attached hydrogen (secondary N) is 1. The molecule has 2 heterocycles. The largest absolute Gasteiger partial charge is 0.476 e. The molecule has 0 saturated heterocycles. The topological polar surface area (TPSA) is 79.5 Å². The van der Waals surface area contributed by atoms with E-state index in [4.69, 9.17) is 5.11 Å². The first-order chi connectivity index (χ1) is 7.58. The summed E-state index contributed by atoms with van der Waals surface area (Å²) < 4.78 is 1.49. The van der Waals surface area contributed by atoms with Crippen LogP contribution in [0.25, 0.3) is 5.65 Å². The van der Waals surface area contributed by atoms with Crippen molar-refractivity contribution in [3.05, 3.63) is 24.0 Å². The molecule has 2 rings (SSSR count). The number of hydrogen-bond acceptors (Lipinski definition) is 4. The molecule has 0 spiro atoms. The Labute approximate surface area is 91.9 Å². The second-order valence-corrected chi connectivity index (χ2v) is 3.73. The Kier molecular flexibility index (Phi) is 2.47. The molecule has 0 aliphatic carbocycles. The fraction of sp³-hybridized carbons (Fsp3) is 0.300. The Bertz CT molecular complexity index is 533. The molecule has 2 aromatic rings. The summed E-state index contributed by atoms with van der Waals surface area (Å²) in [5.74, 6) is -0.325. The standard InChI is InChI=1S/C10H12N4O2/c1-6(2)12-8-3-4-11-9-5-7(10(15)16)13-14(8)9/h3-6,12H,1-2H3,(H,15,16). The van der Waals surface area contributed by atoms with Gasteiger partial charge in [-0.1, -0.05) is 0 Å². The van der Waals surface area contributed by atoms with Crippen molar-refractivity contribution in [3.63, 3.8) is 0 Å². The monoisotopic (exact) mass is 220 g/mol. The van der Waals surface area contributed by atoms with Crippen molar-refractivity contribution >= 4 is 17.4 Å². The van der Waals surface area contributed by atoms with Gasteiger partial charge in [-0.25, -0.2) is 9.78 Å². The lowest BCUT2D eigenvalue weighted by molar-refractivity contribution is 0.0690. The van der Waals surface area contributed by atoms with Crippen molar-refractivity contribution in [1.82, 2.24) is 14.6 Å².